The Morgan fingerprint density at radius 1 is 1.06 bits per heavy atom. The van der Waals surface area contributed by atoms with Crippen LogP contribution >= 0.6 is 11.3 Å². The highest BCUT2D eigenvalue weighted by Gasteiger charge is 2.19. The number of hydrogen-bond donors (Lipinski definition) is 3. The number of aromatic nitrogens is 4. The molecule has 32 heavy (non-hydrogen) atoms. The molecule has 0 aliphatic rings. The van der Waals surface area contributed by atoms with E-state index in [4.69, 9.17) is 0 Å². The number of carbonyl (C=O) groups excluding carboxylic acids is 1. The van der Waals surface area contributed by atoms with Gasteiger partial charge in [-0.2, -0.15) is 5.26 Å². The summed E-state index contributed by atoms with van der Waals surface area (Å²) in [6.45, 7) is 0. The summed E-state index contributed by atoms with van der Waals surface area (Å²) in [7, 11) is 0. The second-order valence-electron chi connectivity index (χ2n) is 6.37. The summed E-state index contributed by atoms with van der Waals surface area (Å²) in [6.07, 6.45) is 7.63. The van der Waals surface area contributed by atoms with Crippen LogP contribution in [0.4, 0.5) is 5.13 Å². The molecule has 9 nitrogen and oxygen atoms in total. The molecule has 10 heteroatoms. The van der Waals surface area contributed by atoms with Gasteiger partial charge in [-0.15, -0.1) is 0 Å². The van der Waals surface area contributed by atoms with Crippen molar-refractivity contribution in [3.05, 3.63) is 72.3 Å². The van der Waals surface area contributed by atoms with Gasteiger partial charge in [-0.1, -0.05) is 23.5 Å². The first-order valence-electron chi connectivity index (χ1n) is 9.19. The number of phenolic OH excluding ortho intramolecular Hbond substituents is 2. The molecule has 0 aliphatic carbocycles. The topological polar surface area (TPSA) is 145 Å². The Morgan fingerprint density at radius 2 is 1.91 bits per heavy atom. The van der Waals surface area contributed by atoms with Crippen molar-refractivity contribution < 1.29 is 15.0 Å². The van der Waals surface area contributed by atoms with Crippen LogP contribution in [0, 0.1) is 11.3 Å². The van der Waals surface area contributed by atoms with E-state index in [0.29, 0.717) is 27.5 Å². The monoisotopic (exact) mass is 442 g/mol. The molecule has 3 N–H and O–H groups in total. The Hall–Kier alpha value is -4.62. The van der Waals surface area contributed by atoms with Crippen molar-refractivity contribution in [1.29, 1.82) is 5.26 Å². The van der Waals surface area contributed by atoms with Crippen molar-refractivity contribution in [3.8, 4) is 39.5 Å². The molecule has 3 heterocycles. The summed E-state index contributed by atoms with van der Waals surface area (Å²) in [5.41, 5.74) is 1.87. The van der Waals surface area contributed by atoms with Gasteiger partial charge in [0.05, 0.1) is 16.8 Å². The number of nitriles is 1. The third kappa shape index (κ3) is 4.43. The zero-order chi connectivity index (χ0) is 22.5. The van der Waals surface area contributed by atoms with Crippen LogP contribution in [0.15, 0.2) is 66.8 Å². The highest BCUT2D eigenvalue weighted by molar-refractivity contribution is 7.19. The average molecular weight is 442 g/mol. The van der Waals surface area contributed by atoms with Crippen molar-refractivity contribution >= 4 is 28.5 Å². The van der Waals surface area contributed by atoms with Crippen LogP contribution < -0.4 is 5.32 Å². The smallest absolute Gasteiger partial charge is 0.268 e. The minimum Gasteiger partial charge on any atom is -0.504 e. The number of hydrogen-bond acceptors (Lipinski definition) is 9. The number of nitrogens with one attached hydrogen (secondary N) is 1. The first kappa shape index (κ1) is 20.6. The summed E-state index contributed by atoms with van der Waals surface area (Å²) >= 11 is 1.18. The zero-order valence-electron chi connectivity index (χ0n) is 16.3. The van der Waals surface area contributed by atoms with Crippen LogP contribution in [0.2, 0.25) is 0 Å². The van der Waals surface area contributed by atoms with Gasteiger partial charge in [0.25, 0.3) is 5.91 Å². The van der Waals surface area contributed by atoms with E-state index < -0.39 is 5.91 Å². The fourth-order valence-electron chi connectivity index (χ4n) is 2.75. The van der Waals surface area contributed by atoms with Crippen molar-refractivity contribution in [2.45, 2.75) is 0 Å². The van der Waals surface area contributed by atoms with E-state index in [2.05, 4.69) is 25.3 Å². The van der Waals surface area contributed by atoms with E-state index in [0.717, 1.165) is 0 Å². The second-order valence-corrected chi connectivity index (χ2v) is 7.37. The van der Waals surface area contributed by atoms with Crippen LogP contribution in [-0.4, -0.2) is 36.1 Å². The lowest BCUT2D eigenvalue weighted by Crippen LogP contribution is -2.13. The molecule has 3 aromatic heterocycles. The predicted octanol–water partition coefficient (Wildman–Crippen LogP) is 3.62. The van der Waals surface area contributed by atoms with Crippen molar-refractivity contribution in [3.63, 3.8) is 0 Å². The number of benzene rings is 1. The van der Waals surface area contributed by atoms with Gasteiger partial charge in [0.2, 0.25) is 0 Å². The first-order valence-corrected chi connectivity index (χ1v) is 10.0. The molecule has 1 amide bonds. The van der Waals surface area contributed by atoms with Gasteiger partial charge in [-0.05, 0) is 35.9 Å². The fourth-order valence-corrected chi connectivity index (χ4v) is 3.68. The Morgan fingerprint density at radius 3 is 2.59 bits per heavy atom. The molecule has 0 fully saturated rings. The van der Waals surface area contributed by atoms with Crippen molar-refractivity contribution in [1.82, 2.24) is 19.9 Å². The second kappa shape index (κ2) is 9.03. The number of amides is 1. The maximum atomic E-state index is 12.7. The summed E-state index contributed by atoms with van der Waals surface area (Å²) in [5.74, 6) is -1.33. The average Bonchev–Trinajstić information content (AvgIpc) is 3.24. The van der Waals surface area contributed by atoms with E-state index in [9.17, 15) is 20.3 Å². The van der Waals surface area contributed by atoms with Crippen LogP contribution in [-0.2, 0) is 4.79 Å². The van der Waals surface area contributed by atoms with E-state index in [1.54, 1.807) is 36.9 Å². The summed E-state index contributed by atoms with van der Waals surface area (Å²) < 4.78 is 0. The minimum absolute atomic E-state index is 0.203. The molecule has 0 aliphatic heterocycles. The fraction of sp³-hybridized carbons (Fsp3) is 0. The van der Waals surface area contributed by atoms with Gasteiger partial charge in [0, 0.05) is 18.6 Å². The molecule has 0 spiro atoms. The van der Waals surface area contributed by atoms with Crippen LogP contribution in [0.25, 0.3) is 28.0 Å². The maximum absolute atomic E-state index is 12.7. The van der Waals surface area contributed by atoms with Gasteiger partial charge in [0.1, 0.15) is 23.0 Å². The van der Waals surface area contributed by atoms with Crippen molar-refractivity contribution in [2.24, 2.45) is 0 Å². The number of anilines is 1. The molecule has 0 bridgehead atoms. The van der Waals surface area contributed by atoms with E-state index in [1.165, 1.54) is 35.6 Å². The van der Waals surface area contributed by atoms with Gasteiger partial charge >= 0.3 is 0 Å². The number of carbonyl (C=O) groups is 1. The molecule has 0 radical (unpaired) electrons. The summed E-state index contributed by atoms with van der Waals surface area (Å²) in [4.78, 5) is 30.6. The van der Waals surface area contributed by atoms with E-state index >= 15 is 0 Å². The number of nitrogens with zero attached hydrogens (tertiary/aromatic N) is 5. The van der Waals surface area contributed by atoms with Crippen LogP contribution in [0.3, 0.4) is 0 Å². The molecule has 0 atom stereocenters. The highest BCUT2D eigenvalue weighted by atomic mass is 32.1. The number of pyridine rings is 1. The normalized spacial score (nSPS) is 11.0. The lowest BCUT2D eigenvalue weighted by Gasteiger charge is -2.02. The maximum Gasteiger partial charge on any atom is 0.268 e. The lowest BCUT2D eigenvalue weighted by molar-refractivity contribution is -0.112. The Labute approximate surface area is 186 Å². The molecule has 1 aromatic carbocycles. The van der Waals surface area contributed by atoms with E-state index in [1.807, 2.05) is 12.1 Å². The molecule has 0 unspecified atom stereocenters. The largest absolute Gasteiger partial charge is 0.504 e. The SMILES string of the molecule is N#C/C(=C\c1ccc(O)c(O)c1)C(=O)Nc1nc(-c2ccccn2)c(-c2cnccn2)s1. The first-order chi connectivity index (χ1) is 15.5. The van der Waals surface area contributed by atoms with Crippen LogP contribution in [0.1, 0.15) is 5.56 Å². The minimum atomic E-state index is -0.674. The van der Waals surface area contributed by atoms with Crippen molar-refractivity contribution in [2.75, 3.05) is 5.32 Å². The molecular weight excluding hydrogens is 428 g/mol. The highest BCUT2D eigenvalue weighted by Crippen LogP contribution is 2.37. The molecular formula is C22H14N6O3S. The number of thiazole rings is 1. The predicted molar refractivity (Wildman–Crippen MR) is 118 cm³/mol. The molecule has 4 rings (SSSR count). The van der Waals surface area contributed by atoms with Gasteiger partial charge in [-0.25, -0.2) is 4.98 Å². The summed E-state index contributed by atoms with van der Waals surface area (Å²) in [5, 5.41) is 31.4. The third-order valence-corrected chi connectivity index (χ3v) is 5.22. The molecule has 156 valence electrons. The van der Waals surface area contributed by atoms with Crippen LogP contribution in [0.5, 0.6) is 11.5 Å². The Bertz CT molecular complexity index is 1290. The molecule has 0 saturated carbocycles. The van der Waals surface area contributed by atoms with E-state index in [-0.39, 0.29) is 22.2 Å². The van der Waals surface area contributed by atoms with Gasteiger partial charge in [0.15, 0.2) is 16.6 Å². The summed E-state index contributed by atoms with van der Waals surface area (Å²) in [6, 6.07) is 11.2. The molecule has 0 saturated heterocycles. The quantitative estimate of drug-likeness (QED) is 0.241. The Kier molecular flexibility index (Phi) is 5.83. The van der Waals surface area contributed by atoms with Gasteiger partial charge < -0.3 is 10.2 Å². The standard InChI is InChI=1S/C22H14N6O3S/c23-11-14(9-13-4-5-17(29)18(30)10-13)21(31)28-22-27-19(15-3-1-2-6-25-15)20(32-22)16-12-24-7-8-26-16/h1-10,12,29-30H,(H,27,28,31)/b14-9+. The number of rotatable bonds is 5. The number of phenols is 2. The lowest BCUT2D eigenvalue weighted by atomic mass is 10.1. The third-order valence-electron chi connectivity index (χ3n) is 4.23. The Balaban J connectivity index is 1.67. The van der Waals surface area contributed by atoms with Gasteiger partial charge in [-0.3, -0.25) is 25.1 Å². The number of aromatic hydroxyl groups is 2. The zero-order valence-corrected chi connectivity index (χ0v) is 17.1. The molecule has 4 aromatic rings.